The smallest absolute Gasteiger partial charge is 0.256 e. The van der Waals surface area contributed by atoms with Gasteiger partial charge in [0.2, 0.25) is 0 Å². The number of fused-ring (bicyclic) bond motifs is 2. The van der Waals surface area contributed by atoms with Crippen molar-refractivity contribution in [2.24, 2.45) is 0 Å². The summed E-state index contributed by atoms with van der Waals surface area (Å²) in [5.41, 5.74) is 1.92. The van der Waals surface area contributed by atoms with E-state index in [0.29, 0.717) is 34.2 Å². The van der Waals surface area contributed by atoms with Gasteiger partial charge in [0.25, 0.3) is 5.91 Å². The van der Waals surface area contributed by atoms with Gasteiger partial charge in [-0.1, -0.05) is 12.1 Å². The summed E-state index contributed by atoms with van der Waals surface area (Å²) >= 11 is 0. The third-order valence-corrected chi connectivity index (χ3v) is 6.00. The van der Waals surface area contributed by atoms with Crippen LogP contribution in [0.25, 0.3) is 21.7 Å². The van der Waals surface area contributed by atoms with Gasteiger partial charge in [0.1, 0.15) is 17.3 Å². The highest BCUT2D eigenvalue weighted by Gasteiger charge is 2.14. The van der Waals surface area contributed by atoms with Crippen molar-refractivity contribution in [1.82, 2.24) is 9.97 Å². The van der Waals surface area contributed by atoms with Gasteiger partial charge in [0.15, 0.2) is 11.5 Å². The van der Waals surface area contributed by atoms with Crippen LogP contribution in [0.4, 0.5) is 11.5 Å². The van der Waals surface area contributed by atoms with E-state index in [0.717, 1.165) is 27.5 Å². The van der Waals surface area contributed by atoms with Gasteiger partial charge in [-0.2, -0.15) is 0 Å². The summed E-state index contributed by atoms with van der Waals surface area (Å²) in [6.07, 6.45) is 3.33. The first kappa shape index (κ1) is 23.9. The van der Waals surface area contributed by atoms with Crippen molar-refractivity contribution < 1.29 is 19.0 Å². The average Bonchev–Trinajstić information content (AvgIpc) is 2.92. The first-order chi connectivity index (χ1) is 18.0. The van der Waals surface area contributed by atoms with Gasteiger partial charge in [-0.3, -0.25) is 9.78 Å². The Bertz CT molecular complexity index is 1600. The summed E-state index contributed by atoms with van der Waals surface area (Å²) in [4.78, 5) is 23.8. The fourth-order valence-electron chi connectivity index (χ4n) is 4.11. The normalized spacial score (nSPS) is 10.8. The average molecular weight is 495 g/mol. The number of hydrogen-bond acceptors (Lipinski definition) is 7. The molecule has 0 atom stereocenters. The monoisotopic (exact) mass is 494 g/mol. The predicted octanol–water partition coefficient (Wildman–Crippen LogP) is 5.91. The van der Waals surface area contributed by atoms with Crippen molar-refractivity contribution in [3.05, 3.63) is 84.7 Å². The van der Waals surface area contributed by atoms with E-state index in [1.54, 1.807) is 38.7 Å². The number of carbonyl (C=O) groups is 1. The first-order valence-electron chi connectivity index (χ1n) is 11.6. The molecule has 0 aliphatic rings. The number of nitrogens with one attached hydrogen (secondary N) is 1. The molecule has 0 aliphatic carbocycles. The molecular formula is C29H26N4O4. The van der Waals surface area contributed by atoms with E-state index in [-0.39, 0.29) is 5.91 Å². The van der Waals surface area contributed by atoms with Gasteiger partial charge in [-0.25, -0.2) is 4.98 Å². The van der Waals surface area contributed by atoms with Crippen LogP contribution < -0.4 is 24.4 Å². The molecule has 37 heavy (non-hydrogen) atoms. The van der Waals surface area contributed by atoms with Crippen molar-refractivity contribution in [3.63, 3.8) is 0 Å². The van der Waals surface area contributed by atoms with Crippen molar-refractivity contribution in [2.45, 2.75) is 0 Å². The van der Waals surface area contributed by atoms with Crippen LogP contribution in [-0.2, 0) is 0 Å². The third kappa shape index (κ3) is 4.81. The summed E-state index contributed by atoms with van der Waals surface area (Å²) in [5, 5.41) is 5.42. The van der Waals surface area contributed by atoms with E-state index in [1.165, 1.54) is 0 Å². The molecule has 0 spiro atoms. The fraction of sp³-hybridized carbons (Fsp3) is 0.138. The Kier molecular flexibility index (Phi) is 6.47. The lowest BCUT2D eigenvalue weighted by Gasteiger charge is -2.14. The minimum Gasteiger partial charge on any atom is -0.493 e. The summed E-state index contributed by atoms with van der Waals surface area (Å²) in [5.74, 6) is 3.06. The molecule has 2 heterocycles. The van der Waals surface area contributed by atoms with Gasteiger partial charge in [-0.05, 0) is 59.3 Å². The fourth-order valence-corrected chi connectivity index (χ4v) is 4.11. The van der Waals surface area contributed by atoms with Crippen molar-refractivity contribution in [1.29, 1.82) is 0 Å². The number of methoxy groups -OCH3 is 2. The highest BCUT2D eigenvalue weighted by Crippen LogP contribution is 2.37. The molecule has 0 saturated carbocycles. The van der Waals surface area contributed by atoms with Crippen LogP contribution in [0, 0.1) is 0 Å². The number of carbonyl (C=O) groups excluding carboxylic acids is 1. The molecule has 0 aliphatic heterocycles. The molecule has 1 amide bonds. The number of aromatic nitrogens is 2. The number of amides is 1. The second-order valence-corrected chi connectivity index (χ2v) is 8.58. The number of ether oxygens (including phenoxy) is 3. The Morgan fingerprint density at radius 3 is 2.38 bits per heavy atom. The lowest BCUT2D eigenvalue weighted by molar-refractivity contribution is 0.102. The van der Waals surface area contributed by atoms with E-state index >= 15 is 0 Å². The standard InChI is InChI=1S/C29H26N4O4/c1-33(2)28-11-8-19(17-31-28)32-29(34)22-7-5-6-18-14-20(9-10-21(18)22)37-25-12-13-30-24-16-27(36-4)26(35-3)15-23(24)25/h5-17H,1-4H3,(H,32,34). The minimum atomic E-state index is -0.208. The number of rotatable bonds is 7. The quantitative estimate of drug-likeness (QED) is 0.301. The van der Waals surface area contributed by atoms with E-state index < -0.39 is 0 Å². The van der Waals surface area contributed by atoms with E-state index in [1.807, 2.05) is 73.6 Å². The first-order valence-corrected chi connectivity index (χ1v) is 11.6. The van der Waals surface area contributed by atoms with Crippen LogP contribution in [0.2, 0.25) is 0 Å². The summed E-state index contributed by atoms with van der Waals surface area (Å²) in [7, 11) is 7.01. The highest BCUT2D eigenvalue weighted by atomic mass is 16.5. The van der Waals surface area contributed by atoms with E-state index in [9.17, 15) is 4.79 Å². The summed E-state index contributed by atoms with van der Waals surface area (Å²) in [6, 6.07) is 20.4. The van der Waals surface area contributed by atoms with Crippen LogP contribution >= 0.6 is 0 Å². The number of nitrogens with zero attached hydrogens (tertiary/aromatic N) is 3. The molecule has 186 valence electrons. The lowest BCUT2D eigenvalue weighted by Crippen LogP contribution is -2.14. The topological polar surface area (TPSA) is 85.8 Å². The molecular weight excluding hydrogens is 468 g/mol. The van der Waals surface area contributed by atoms with Crippen LogP contribution in [0.15, 0.2) is 79.1 Å². The Morgan fingerprint density at radius 2 is 1.65 bits per heavy atom. The molecule has 8 heteroatoms. The highest BCUT2D eigenvalue weighted by molar-refractivity contribution is 6.13. The zero-order chi connectivity index (χ0) is 25.9. The Balaban J connectivity index is 1.43. The number of hydrogen-bond donors (Lipinski definition) is 1. The number of anilines is 2. The molecule has 5 aromatic rings. The Labute approximate surface area is 214 Å². The van der Waals surface area contributed by atoms with Gasteiger partial charge < -0.3 is 24.4 Å². The maximum absolute atomic E-state index is 13.1. The van der Waals surface area contributed by atoms with Crippen molar-refractivity contribution in [3.8, 4) is 23.0 Å². The molecule has 8 nitrogen and oxygen atoms in total. The van der Waals surface area contributed by atoms with Crippen LogP contribution in [0.3, 0.4) is 0 Å². The van der Waals surface area contributed by atoms with Gasteiger partial charge in [0.05, 0.1) is 31.6 Å². The minimum absolute atomic E-state index is 0.208. The van der Waals surface area contributed by atoms with Crippen LogP contribution in [0.5, 0.6) is 23.0 Å². The number of benzene rings is 3. The van der Waals surface area contributed by atoms with Crippen LogP contribution in [0.1, 0.15) is 10.4 Å². The molecule has 0 saturated heterocycles. The molecule has 0 bridgehead atoms. The zero-order valence-electron chi connectivity index (χ0n) is 21.0. The molecule has 1 N–H and O–H groups in total. The van der Waals surface area contributed by atoms with Crippen molar-refractivity contribution >= 4 is 39.1 Å². The van der Waals surface area contributed by atoms with Crippen LogP contribution in [-0.4, -0.2) is 44.2 Å². The molecule has 0 fully saturated rings. The lowest BCUT2D eigenvalue weighted by atomic mass is 10.0. The van der Waals surface area contributed by atoms with Gasteiger partial charge >= 0.3 is 0 Å². The molecule has 5 rings (SSSR count). The Morgan fingerprint density at radius 1 is 0.838 bits per heavy atom. The maximum atomic E-state index is 13.1. The zero-order valence-corrected chi connectivity index (χ0v) is 21.0. The summed E-state index contributed by atoms with van der Waals surface area (Å²) < 4.78 is 17.1. The van der Waals surface area contributed by atoms with Gasteiger partial charge in [-0.15, -0.1) is 0 Å². The molecule has 2 aromatic heterocycles. The Hall–Kier alpha value is -4.85. The molecule has 0 unspecified atom stereocenters. The maximum Gasteiger partial charge on any atom is 0.256 e. The largest absolute Gasteiger partial charge is 0.493 e. The second kappa shape index (κ2) is 10.0. The van der Waals surface area contributed by atoms with Gasteiger partial charge in [0, 0.05) is 37.3 Å². The van der Waals surface area contributed by atoms with E-state index in [4.69, 9.17) is 14.2 Å². The van der Waals surface area contributed by atoms with E-state index in [2.05, 4.69) is 15.3 Å². The van der Waals surface area contributed by atoms with Crippen molar-refractivity contribution in [2.75, 3.05) is 38.5 Å². The predicted molar refractivity (Wildman–Crippen MR) is 145 cm³/mol. The molecule has 0 radical (unpaired) electrons. The second-order valence-electron chi connectivity index (χ2n) is 8.58. The number of pyridine rings is 2. The SMILES string of the molecule is COc1cc2nccc(Oc3ccc4c(C(=O)Nc5ccc(N(C)C)nc5)cccc4c3)c2cc1OC. The summed E-state index contributed by atoms with van der Waals surface area (Å²) in [6.45, 7) is 0. The third-order valence-electron chi connectivity index (χ3n) is 6.00. The molecule has 3 aromatic carbocycles.